The number of hydrogen-bond acceptors (Lipinski definition) is 4. The van der Waals surface area contributed by atoms with Gasteiger partial charge in [0, 0.05) is 24.9 Å². The van der Waals surface area contributed by atoms with E-state index >= 15 is 0 Å². The minimum Gasteiger partial charge on any atom is -0.481 e. The van der Waals surface area contributed by atoms with Gasteiger partial charge in [0.2, 0.25) is 5.91 Å². The van der Waals surface area contributed by atoms with E-state index < -0.39 is 18.0 Å². The van der Waals surface area contributed by atoms with Gasteiger partial charge in [-0.15, -0.1) is 0 Å². The number of hydrogen-bond donors (Lipinski definition) is 3. The Kier molecular flexibility index (Phi) is 8.06. The number of amides is 2. The molecule has 0 aliphatic heterocycles. The first-order chi connectivity index (χ1) is 16.9. The molecule has 4 rings (SSSR count). The third kappa shape index (κ3) is 6.02. The molecule has 2 aromatic carbocycles. The van der Waals surface area contributed by atoms with E-state index in [1.807, 2.05) is 31.2 Å². The highest BCUT2D eigenvalue weighted by Gasteiger charge is 2.32. The molecule has 2 aliphatic rings. The lowest BCUT2D eigenvalue weighted by Gasteiger charge is -2.29. The van der Waals surface area contributed by atoms with Crippen molar-refractivity contribution in [3.05, 3.63) is 59.7 Å². The van der Waals surface area contributed by atoms with Crippen LogP contribution < -0.4 is 10.6 Å². The molecule has 2 aromatic rings. The molecule has 2 amide bonds. The Morgan fingerprint density at radius 2 is 1.63 bits per heavy atom. The van der Waals surface area contributed by atoms with E-state index in [4.69, 9.17) is 4.74 Å². The summed E-state index contributed by atoms with van der Waals surface area (Å²) in [6.45, 7) is 2.63. The van der Waals surface area contributed by atoms with Crippen LogP contribution in [0, 0.1) is 11.8 Å². The molecule has 0 radical (unpaired) electrons. The average molecular weight is 479 g/mol. The fourth-order valence-electron chi connectivity index (χ4n) is 5.35. The summed E-state index contributed by atoms with van der Waals surface area (Å²) in [7, 11) is 0. The van der Waals surface area contributed by atoms with Crippen LogP contribution in [0.1, 0.15) is 62.5 Å². The molecule has 3 unspecified atom stereocenters. The molecule has 1 saturated carbocycles. The number of carbonyl (C=O) groups is 3. The molecule has 2 aliphatic carbocycles. The van der Waals surface area contributed by atoms with Gasteiger partial charge in [-0.1, -0.05) is 68.3 Å². The molecule has 3 atom stereocenters. The SMILES string of the molecule is CC(CCNC(=O)OCC1c2ccccc2-c2ccccc21)CC(=O)NC1CCCCC1C(=O)O. The van der Waals surface area contributed by atoms with Crippen molar-refractivity contribution in [2.24, 2.45) is 11.8 Å². The molecule has 0 bridgehead atoms. The number of ether oxygens (including phenoxy) is 1. The predicted octanol–water partition coefficient (Wildman–Crippen LogP) is 4.70. The first-order valence-corrected chi connectivity index (χ1v) is 12.5. The van der Waals surface area contributed by atoms with Crippen molar-refractivity contribution in [2.75, 3.05) is 13.2 Å². The zero-order valence-electron chi connectivity index (χ0n) is 20.2. The lowest BCUT2D eigenvalue weighted by molar-refractivity contribution is -0.144. The summed E-state index contributed by atoms with van der Waals surface area (Å²) in [5, 5.41) is 15.1. The standard InChI is InChI=1S/C28H34N2O5/c1-18(16-26(31)30-25-13-7-6-12-23(25)27(32)33)14-15-29-28(34)35-17-24-21-10-4-2-8-19(21)20-9-3-5-11-22(20)24/h2-5,8-11,18,23-25H,6-7,12-17H2,1H3,(H,29,34)(H,30,31)(H,32,33). The predicted molar refractivity (Wildman–Crippen MR) is 133 cm³/mol. The fraction of sp³-hybridized carbons (Fsp3) is 0.464. The third-order valence-electron chi connectivity index (χ3n) is 7.21. The summed E-state index contributed by atoms with van der Waals surface area (Å²) in [6.07, 6.45) is 3.62. The lowest BCUT2D eigenvalue weighted by Crippen LogP contribution is -2.45. The minimum atomic E-state index is -0.838. The Bertz CT molecular complexity index is 1020. The van der Waals surface area contributed by atoms with Gasteiger partial charge in [0.05, 0.1) is 5.92 Å². The maximum absolute atomic E-state index is 12.4. The van der Waals surface area contributed by atoms with Crippen molar-refractivity contribution in [3.8, 4) is 11.1 Å². The van der Waals surface area contributed by atoms with Crippen molar-refractivity contribution in [3.63, 3.8) is 0 Å². The van der Waals surface area contributed by atoms with E-state index in [2.05, 4.69) is 34.9 Å². The van der Waals surface area contributed by atoms with Crippen molar-refractivity contribution in [2.45, 2.75) is 57.4 Å². The molecule has 0 heterocycles. The normalized spacial score (nSPS) is 19.8. The van der Waals surface area contributed by atoms with Gasteiger partial charge in [-0.25, -0.2) is 4.79 Å². The van der Waals surface area contributed by atoms with Crippen LogP contribution in [0.2, 0.25) is 0 Å². The summed E-state index contributed by atoms with van der Waals surface area (Å²) in [4.78, 5) is 36.2. The number of carbonyl (C=O) groups excluding carboxylic acids is 2. The number of aliphatic carboxylic acids is 1. The second kappa shape index (κ2) is 11.4. The fourth-order valence-corrected chi connectivity index (χ4v) is 5.35. The van der Waals surface area contributed by atoms with Gasteiger partial charge in [0.1, 0.15) is 6.61 Å². The van der Waals surface area contributed by atoms with Crippen LogP contribution in [0.5, 0.6) is 0 Å². The van der Waals surface area contributed by atoms with Crippen LogP contribution in [0.4, 0.5) is 4.79 Å². The number of alkyl carbamates (subject to hydrolysis) is 1. The van der Waals surface area contributed by atoms with Crippen LogP contribution in [0.25, 0.3) is 11.1 Å². The van der Waals surface area contributed by atoms with E-state index in [1.54, 1.807) is 0 Å². The molecule has 0 spiro atoms. The maximum Gasteiger partial charge on any atom is 0.407 e. The van der Waals surface area contributed by atoms with E-state index in [1.165, 1.54) is 22.3 Å². The summed E-state index contributed by atoms with van der Waals surface area (Å²) >= 11 is 0. The highest BCUT2D eigenvalue weighted by Crippen LogP contribution is 2.44. The second-order valence-corrected chi connectivity index (χ2v) is 9.75. The second-order valence-electron chi connectivity index (χ2n) is 9.75. The first-order valence-electron chi connectivity index (χ1n) is 12.5. The molecule has 1 fully saturated rings. The van der Waals surface area contributed by atoms with E-state index in [9.17, 15) is 19.5 Å². The van der Waals surface area contributed by atoms with Crippen LogP contribution in [0.3, 0.4) is 0 Å². The molecule has 186 valence electrons. The minimum absolute atomic E-state index is 0.0187. The summed E-state index contributed by atoms with van der Waals surface area (Å²) in [5.41, 5.74) is 4.72. The molecule has 0 aromatic heterocycles. The topological polar surface area (TPSA) is 105 Å². The number of fused-ring (bicyclic) bond motifs is 3. The monoisotopic (exact) mass is 478 g/mol. The first kappa shape index (κ1) is 24.8. The Hall–Kier alpha value is -3.35. The smallest absolute Gasteiger partial charge is 0.407 e. The number of rotatable bonds is 9. The number of nitrogens with one attached hydrogen (secondary N) is 2. The van der Waals surface area contributed by atoms with Gasteiger partial charge in [0.25, 0.3) is 0 Å². The Morgan fingerprint density at radius 3 is 2.29 bits per heavy atom. The molecule has 7 heteroatoms. The van der Waals surface area contributed by atoms with Gasteiger partial charge in [-0.3, -0.25) is 9.59 Å². The molecular weight excluding hydrogens is 444 g/mol. The van der Waals surface area contributed by atoms with Crippen LogP contribution in [-0.2, 0) is 14.3 Å². The lowest BCUT2D eigenvalue weighted by atomic mass is 9.84. The van der Waals surface area contributed by atoms with E-state index in [0.717, 1.165) is 12.8 Å². The van der Waals surface area contributed by atoms with Crippen molar-refractivity contribution in [1.82, 2.24) is 10.6 Å². The number of carboxylic acids is 1. The number of benzene rings is 2. The summed E-state index contributed by atoms with van der Waals surface area (Å²) < 4.78 is 5.55. The van der Waals surface area contributed by atoms with Crippen LogP contribution >= 0.6 is 0 Å². The maximum atomic E-state index is 12.4. The van der Waals surface area contributed by atoms with Gasteiger partial charge in [-0.2, -0.15) is 0 Å². The van der Waals surface area contributed by atoms with Crippen molar-refractivity contribution in [1.29, 1.82) is 0 Å². The van der Waals surface area contributed by atoms with Gasteiger partial charge < -0.3 is 20.5 Å². The third-order valence-corrected chi connectivity index (χ3v) is 7.21. The van der Waals surface area contributed by atoms with Crippen LogP contribution in [0.15, 0.2) is 48.5 Å². The quantitative estimate of drug-likeness (QED) is 0.485. The Balaban J connectivity index is 1.19. The van der Waals surface area contributed by atoms with Gasteiger partial charge in [0.15, 0.2) is 0 Å². The molecule has 35 heavy (non-hydrogen) atoms. The zero-order chi connectivity index (χ0) is 24.8. The highest BCUT2D eigenvalue weighted by molar-refractivity contribution is 5.79. The highest BCUT2D eigenvalue weighted by atomic mass is 16.5. The van der Waals surface area contributed by atoms with Gasteiger partial charge >= 0.3 is 12.1 Å². The summed E-state index contributed by atoms with van der Waals surface area (Å²) in [6, 6.07) is 16.1. The molecule has 7 nitrogen and oxygen atoms in total. The largest absolute Gasteiger partial charge is 0.481 e. The Labute approximate surface area is 206 Å². The van der Waals surface area contributed by atoms with Crippen molar-refractivity contribution >= 4 is 18.0 Å². The van der Waals surface area contributed by atoms with Gasteiger partial charge in [-0.05, 0) is 47.4 Å². The summed E-state index contributed by atoms with van der Waals surface area (Å²) in [5.74, 6) is -1.40. The molecule has 0 saturated heterocycles. The molecule has 3 N–H and O–H groups in total. The Morgan fingerprint density at radius 1 is 1.00 bits per heavy atom. The average Bonchev–Trinajstić information content (AvgIpc) is 3.16. The van der Waals surface area contributed by atoms with Crippen molar-refractivity contribution < 1.29 is 24.2 Å². The number of carboxylic acid groups (broad SMARTS) is 1. The zero-order valence-corrected chi connectivity index (χ0v) is 20.2. The van der Waals surface area contributed by atoms with Crippen LogP contribution in [-0.4, -0.2) is 42.3 Å². The van der Waals surface area contributed by atoms with E-state index in [-0.39, 0.29) is 30.4 Å². The van der Waals surface area contributed by atoms with E-state index in [0.29, 0.717) is 32.2 Å². The molecular formula is C28H34N2O5.